The zero-order valence-corrected chi connectivity index (χ0v) is 13.6. The summed E-state index contributed by atoms with van der Waals surface area (Å²) in [5.41, 5.74) is 1.57. The van der Waals surface area contributed by atoms with Gasteiger partial charge in [-0.3, -0.25) is 4.79 Å². The van der Waals surface area contributed by atoms with Gasteiger partial charge >= 0.3 is 0 Å². The molecule has 0 atom stereocenters. The van der Waals surface area contributed by atoms with Crippen molar-refractivity contribution in [1.29, 1.82) is 0 Å². The van der Waals surface area contributed by atoms with Gasteiger partial charge in [-0.05, 0) is 48.0 Å². The number of ether oxygens (including phenoxy) is 1. The van der Waals surface area contributed by atoms with Crippen LogP contribution in [0.4, 0.5) is 0 Å². The van der Waals surface area contributed by atoms with Crippen molar-refractivity contribution in [3.63, 3.8) is 0 Å². The van der Waals surface area contributed by atoms with Crippen LogP contribution in [0, 0.1) is 0 Å². The molecule has 0 aromatic heterocycles. The number of carbonyl (C=O) groups excluding carboxylic acids is 1. The van der Waals surface area contributed by atoms with Crippen LogP contribution in [-0.4, -0.2) is 17.7 Å². The molecule has 2 aromatic rings. The smallest absolute Gasteiger partial charge is 0.185 e. The molecule has 108 valence electrons. The molecule has 4 heteroatoms. The lowest BCUT2D eigenvalue weighted by atomic mass is 10.1. The van der Waals surface area contributed by atoms with Gasteiger partial charge in [0, 0.05) is 15.9 Å². The molecule has 0 unspecified atom stereocenters. The number of hydrogen-bond acceptors (Lipinski definition) is 2. The Morgan fingerprint density at radius 3 is 2.38 bits per heavy atom. The van der Waals surface area contributed by atoms with Gasteiger partial charge in [0.25, 0.3) is 0 Å². The summed E-state index contributed by atoms with van der Waals surface area (Å²) in [5.74, 6) is 0.713. The average molecular weight is 366 g/mol. The van der Waals surface area contributed by atoms with Gasteiger partial charge in [-0.15, -0.1) is 0 Å². The zero-order chi connectivity index (χ0) is 15.1. The van der Waals surface area contributed by atoms with Crippen molar-refractivity contribution in [1.82, 2.24) is 0 Å². The molecule has 0 saturated heterocycles. The van der Waals surface area contributed by atoms with Crippen LogP contribution in [0.5, 0.6) is 5.75 Å². The first-order valence-electron chi connectivity index (χ1n) is 6.46. The summed E-state index contributed by atoms with van der Waals surface area (Å²) >= 11 is 9.11. The monoisotopic (exact) mass is 364 g/mol. The molecule has 21 heavy (non-hydrogen) atoms. The Kier molecular flexibility index (Phi) is 6.03. The molecule has 0 aliphatic heterocycles. The summed E-state index contributed by atoms with van der Waals surface area (Å²) < 4.78 is 5.44. The second kappa shape index (κ2) is 8.01. The Balaban J connectivity index is 2.01. The van der Waals surface area contributed by atoms with Crippen LogP contribution in [0.15, 0.2) is 54.6 Å². The van der Waals surface area contributed by atoms with Crippen LogP contribution in [0.25, 0.3) is 6.08 Å². The van der Waals surface area contributed by atoms with Crippen LogP contribution in [0.1, 0.15) is 15.9 Å². The van der Waals surface area contributed by atoms with E-state index in [0.29, 0.717) is 17.2 Å². The third-order valence-electron chi connectivity index (χ3n) is 2.78. The molecule has 0 spiro atoms. The summed E-state index contributed by atoms with van der Waals surface area (Å²) in [6.07, 6.45) is 3.32. The minimum absolute atomic E-state index is 0.0445. The molecule has 0 fully saturated rings. The number of rotatable bonds is 6. The highest BCUT2D eigenvalue weighted by atomic mass is 79.9. The predicted molar refractivity (Wildman–Crippen MR) is 90.5 cm³/mol. The fourth-order valence-corrected chi connectivity index (χ4v) is 2.00. The summed E-state index contributed by atoms with van der Waals surface area (Å²) in [5, 5.41) is 1.45. The summed E-state index contributed by atoms with van der Waals surface area (Å²) in [4.78, 5) is 12.0. The van der Waals surface area contributed by atoms with Crippen molar-refractivity contribution >= 4 is 39.4 Å². The topological polar surface area (TPSA) is 26.3 Å². The van der Waals surface area contributed by atoms with Gasteiger partial charge in [0.2, 0.25) is 0 Å². The Morgan fingerprint density at radius 1 is 1.10 bits per heavy atom. The van der Waals surface area contributed by atoms with Gasteiger partial charge in [0.1, 0.15) is 5.75 Å². The Labute approximate surface area is 137 Å². The van der Waals surface area contributed by atoms with Crippen molar-refractivity contribution in [2.24, 2.45) is 0 Å². The molecule has 0 aliphatic carbocycles. The highest BCUT2D eigenvalue weighted by Crippen LogP contribution is 2.14. The molecule has 2 nitrogen and oxygen atoms in total. The number of hydrogen-bond donors (Lipinski definition) is 0. The van der Waals surface area contributed by atoms with Gasteiger partial charge in [-0.25, -0.2) is 0 Å². The minimum Gasteiger partial charge on any atom is -0.493 e. The standard InChI is InChI=1S/C17H14BrClO2/c18-11-12-21-16-8-4-14(5-9-16)17(20)10-3-13-1-6-15(19)7-2-13/h1-10H,11-12H2/b10-3+. The number of alkyl halides is 1. The quantitative estimate of drug-likeness (QED) is 0.408. The predicted octanol–water partition coefficient (Wildman–Crippen LogP) is 5.01. The first kappa shape index (κ1) is 15.8. The number of allylic oxidation sites excluding steroid dienone is 1. The largest absolute Gasteiger partial charge is 0.493 e. The molecule has 0 heterocycles. The van der Waals surface area contributed by atoms with E-state index in [1.807, 2.05) is 12.1 Å². The third-order valence-corrected chi connectivity index (χ3v) is 3.36. The Morgan fingerprint density at radius 2 is 1.76 bits per heavy atom. The normalized spacial score (nSPS) is 10.8. The van der Waals surface area contributed by atoms with E-state index in [2.05, 4.69) is 15.9 Å². The van der Waals surface area contributed by atoms with Crippen LogP contribution >= 0.6 is 27.5 Å². The number of halogens is 2. The maximum absolute atomic E-state index is 12.0. The van der Waals surface area contributed by atoms with E-state index >= 15 is 0 Å². The van der Waals surface area contributed by atoms with Crippen molar-refractivity contribution in [3.8, 4) is 5.75 Å². The fourth-order valence-electron chi connectivity index (χ4n) is 1.71. The Bertz CT molecular complexity index is 618. The molecule has 2 rings (SSSR count). The molecule has 0 N–H and O–H groups in total. The lowest BCUT2D eigenvalue weighted by molar-refractivity contribution is 0.104. The van der Waals surface area contributed by atoms with Crippen LogP contribution in [0.3, 0.4) is 0 Å². The van der Waals surface area contributed by atoms with Crippen molar-refractivity contribution in [3.05, 3.63) is 70.8 Å². The van der Waals surface area contributed by atoms with E-state index in [-0.39, 0.29) is 5.78 Å². The van der Waals surface area contributed by atoms with Crippen LogP contribution in [0.2, 0.25) is 5.02 Å². The number of carbonyl (C=O) groups is 1. The second-order valence-corrected chi connectivity index (χ2v) is 5.54. The SMILES string of the molecule is O=C(/C=C/c1ccc(Cl)cc1)c1ccc(OCCBr)cc1. The highest BCUT2D eigenvalue weighted by Gasteiger charge is 2.02. The average Bonchev–Trinajstić information content (AvgIpc) is 2.52. The highest BCUT2D eigenvalue weighted by molar-refractivity contribution is 9.09. The van der Waals surface area contributed by atoms with E-state index in [1.54, 1.807) is 48.6 Å². The molecule has 2 aromatic carbocycles. The van der Waals surface area contributed by atoms with Crippen molar-refractivity contribution < 1.29 is 9.53 Å². The van der Waals surface area contributed by atoms with E-state index in [0.717, 1.165) is 16.6 Å². The van der Waals surface area contributed by atoms with Crippen molar-refractivity contribution in [2.45, 2.75) is 0 Å². The molecular weight excluding hydrogens is 352 g/mol. The summed E-state index contributed by atoms with van der Waals surface area (Å²) in [6, 6.07) is 14.4. The van der Waals surface area contributed by atoms with Gasteiger partial charge in [-0.1, -0.05) is 45.7 Å². The first-order chi connectivity index (χ1) is 10.2. The third kappa shape index (κ3) is 5.03. The minimum atomic E-state index is -0.0445. The molecule has 0 amide bonds. The van der Waals surface area contributed by atoms with Gasteiger partial charge in [0.15, 0.2) is 5.78 Å². The maximum atomic E-state index is 12.0. The summed E-state index contributed by atoms with van der Waals surface area (Å²) in [6.45, 7) is 0.601. The first-order valence-corrected chi connectivity index (χ1v) is 7.96. The summed E-state index contributed by atoms with van der Waals surface area (Å²) in [7, 11) is 0. The molecule has 0 radical (unpaired) electrons. The van der Waals surface area contributed by atoms with E-state index in [1.165, 1.54) is 0 Å². The molecular formula is C17H14BrClO2. The second-order valence-electron chi connectivity index (χ2n) is 4.31. The number of ketones is 1. The lowest BCUT2D eigenvalue weighted by Crippen LogP contribution is -1.99. The fraction of sp³-hybridized carbons (Fsp3) is 0.118. The van der Waals surface area contributed by atoms with Gasteiger partial charge in [0.05, 0.1) is 6.61 Å². The van der Waals surface area contributed by atoms with Gasteiger partial charge in [-0.2, -0.15) is 0 Å². The van der Waals surface area contributed by atoms with E-state index in [4.69, 9.17) is 16.3 Å². The van der Waals surface area contributed by atoms with E-state index in [9.17, 15) is 4.79 Å². The molecule has 0 aliphatic rings. The molecule has 0 saturated carbocycles. The van der Waals surface area contributed by atoms with Crippen LogP contribution in [-0.2, 0) is 0 Å². The van der Waals surface area contributed by atoms with E-state index < -0.39 is 0 Å². The Hall–Kier alpha value is -1.58. The van der Waals surface area contributed by atoms with Gasteiger partial charge < -0.3 is 4.74 Å². The number of benzene rings is 2. The molecule has 0 bridgehead atoms. The maximum Gasteiger partial charge on any atom is 0.185 e. The van der Waals surface area contributed by atoms with Crippen LogP contribution < -0.4 is 4.74 Å². The lowest BCUT2D eigenvalue weighted by Gasteiger charge is -2.04. The van der Waals surface area contributed by atoms with Crippen molar-refractivity contribution in [2.75, 3.05) is 11.9 Å². The zero-order valence-electron chi connectivity index (χ0n) is 11.3.